The molecule has 2 heterocycles. The van der Waals surface area contributed by atoms with Gasteiger partial charge in [-0.1, -0.05) is 224 Å². The second kappa shape index (κ2) is 15.6. The van der Waals surface area contributed by atoms with E-state index in [1.807, 2.05) is 0 Å². The summed E-state index contributed by atoms with van der Waals surface area (Å²) >= 11 is 0. The zero-order valence-corrected chi connectivity index (χ0v) is 40.0. The Morgan fingerprint density at radius 3 is 1.41 bits per heavy atom. The monoisotopic (exact) mass is 918 g/mol. The van der Waals surface area contributed by atoms with Gasteiger partial charge in [0.15, 0.2) is 8.07 Å². The number of benzene rings is 11. The number of hydrogen-bond donors (Lipinski definition) is 0. The third kappa shape index (κ3) is 5.70. The molecule has 3 heteroatoms. The Balaban J connectivity index is 0.978. The molecule has 0 amide bonds. The van der Waals surface area contributed by atoms with Gasteiger partial charge in [-0.15, -0.1) is 0 Å². The summed E-state index contributed by atoms with van der Waals surface area (Å²) < 4.78 is 5.10. The molecule has 3 aliphatic rings. The number of aromatic nitrogens is 2. The molecule has 0 radical (unpaired) electrons. The second-order valence-electron chi connectivity index (χ2n) is 19.4. The highest BCUT2D eigenvalue weighted by Crippen LogP contribution is 2.58. The zero-order valence-electron chi connectivity index (χ0n) is 39.0. The standard InChI is InChI=1S/C68H46N2Si/c1-4-21-45(22-5-1)46-23-18-29-50(43-46)71(48-25-6-2-7-26-48,49-27-8-3-9-28-49)51-30-19-24-47(44-51)69-59-37-16-14-35-56(59)66-61(69)39-20-40-62(66)70-60-38-17-15-36-57(60)67-63(70)42-41-58-64-52-31-10-12-33-54(52)65(68(58)67)55-34-13-11-32-53(55)64/h1-44,64-65H. The van der Waals surface area contributed by atoms with Crippen molar-refractivity contribution < 1.29 is 0 Å². The van der Waals surface area contributed by atoms with Crippen molar-refractivity contribution in [3.63, 3.8) is 0 Å². The van der Waals surface area contributed by atoms with Gasteiger partial charge in [-0.25, -0.2) is 0 Å². The van der Waals surface area contributed by atoms with Gasteiger partial charge in [0.1, 0.15) is 0 Å². The first kappa shape index (κ1) is 40.2. The van der Waals surface area contributed by atoms with Crippen LogP contribution in [0.5, 0.6) is 0 Å². The molecule has 0 fully saturated rings. The third-order valence-electron chi connectivity index (χ3n) is 16.0. The third-order valence-corrected chi connectivity index (χ3v) is 20.8. The van der Waals surface area contributed by atoms with Crippen molar-refractivity contribution in [2.45, 2.75) is 11.8 Å². The Morgan fingerprint density at radius 1 is 0.282 bits per heavy atom. The van der Waals surface area contributed by atoms with Crippen LogP contribution < -0.4 is 20.7 Å². The summed E-state index contributed by atoms with van der Waals surface area (Å²) in [5, 5.41) is 10.5. The van der Waals surface area contributed by atoms with Gasteiger partial charge in [0.05, 0.1) is 27.8 Å². The van der Waals surface area contributed by atoms with E-state index < -0.39 is 8.07 Å². The van der Waals surface area contributed by atoms with E-state index in [1.54, 1.807) is 0 Å². The van der Waals surface area contributed by atoms with Crippen molar-refractivity contribution in [2.75, 3.05) is 0 Å². The predicted octanol–water partition coefficient (Wildman–Crippen LogP) is 13.9. The Bertz CT molecular complexity index is 4150. The average Bonchev–Trinajstić information content (AvgIpc) is 3.98. The lowest BCUT2D eigenvalue weighted by atomic mass is 9.60. The summed E-state index contributed by atoms with van der Waals surface area (Å²) in [5.41, 5.74) is 18.3. The molecule has 332 valence electrons. The molecule has 71 heavy (non-hydrogen) atoms. The summed E-state index contributed by atoms with van der Waals surface area (Å²) in [6.45, 7) is 0. The van der Waals surface area contributed by atoms with E-state index >= 15 is 0 Å². The maximum Gasteiger partial charge on any atom is 0.179 e. The molecular weight excluding hydrogens is 873 g/mol. The number of hydrogen-bond acceptors (Lipinski definition) is 0. The first-order chi connectivity index (χ1) is 35.3. The number of nitrogens with zero attached hydrogens (tertiary/aromatic N) is 2. The lowest BCUT2D eigenvalue weighted by Gasteiger charge is -2.42. The van der Waals surface area contributed by atoms with Gasteiger partial charge < -0.3 is 9.13 Å². The molecule has 0 N–H and O–H groups in total. The minimum atomic E-state index is -2.94. The summed E-state index contributed by atoms with van der Waals surface area (Å²) in [6, 6.07) is 101. The lowest BCUT2D eigenvalue weighted by molar-refractivity contribution is 0.761. The minimum Gasteiger partial charge on any atom is -0.309 e. The Kier molecular flexibility index (Phi) is 8.84. The number of para-hydroxylation sites is 2. The quantitative estimate of drug-likeness (QED) is 0.111. The molecule has 0 spiro atoms. The van der Waals surface area contributed by atoms with E-state index in [4.69, 9.17) is 0 Å². The molecule has 16 rings (SSSR count). The van der Waals surface area contributed by atoms with E-state index in [1.165, 1.54) is 115 Å². The largest absolute Gasteiger partial charge is 0.309 e. The van der Waals surface area contributed by atoms with Crippen molar-refractivity contribution >= 4 is 72.4 Å². The van der Waals surface area contributed by atoms with Crippen molar-refractivity contribution in [2.24, 2.45) is 0 Å². The van der Waals surface area contributed by atoms with Gasteiger partial charge >= 0.3 is 0 Å². The van der Waals surface area contributed by atoms with Crippen molar-refractivity contribution in [3.05, 3.63) is 300 Å². The van der Waals surface area contributed by atoms with E-state index in [0.717, 1.165) is 5.69 Å². The molecular formula is C68H46N2Si. The molecule has 2 aromatic heterocycles. The molecule has 0 aliphatic heterocycles. The Labute approximate surface area is 414 Å². The summed E-state index contributed by atoms with van der Waals surface area (Å²) in [4.78, 5) is 0. The van der Waals surface area contributed by atoms with Crippen molar-refractivity contribution in [3.8, 4) is 22.5 Å². The molecule has 3 aliphatic carbocycles. The normalized spacial score (nSPS) is 14.8. The smallest absolute Gasteiger partial charge is 0.179 e. The molecule has 0 atom stereocenters. The Hall–Kier alpha value is -8.76. The highest BCUT2D eigenvalue weighted by atomic mass is 28.3. The fourth-order valence-corrected chi connectivity index (χ4v) is 18.1. The number of fused-ring (bicyclic) bond motifs is 6. The molecule has 0 saturated carbocycles. The van der Waals surface area contributed by atoms with Gasteiger partial charge in [0, 0.05) is 39.1 Å². The Morgan fingerprint density at radius 2 is 0.746 bits per heavy atom. The van der Waals surface area contributed by atoms with E-state index in [-0.39, 0.29) is 11.8 Å². The van der Waals surface area contributed by atoms with Crippen molar-refractivity contribution in [1.82, 2.24) is 9.13 Å². The van der Waals surface area contributed by atoms with Crippen LogP contribution in [0.3, 0.4) is 0 Å². The van der Waals surface area contributed by atoms with E-state index in [9.17, 15) is 0 Å². The molecule has 13 aromatic rings. The van der Waals surface area contributed by atoms with Crippen LogP contribution in [0.15, 0.2) is 267 Å². The molecule has 2 nitrogen and oxygen atoms in total. The van der Waals surface area contributed by atoms with Gasteiger partial charge in [-0.05, 0) is 108 Å². The fraction of sp³-hybridized carbons (Fsp3) is 0.0294. The van der Waals surface area contributed by atoms with Crippen LogP contribution in [0.4, 0.5) is 0 Å². The first-order valence-corrected chi connectivity index (χ1v) is 26.9. The van der Waals surface area contributed by atoms with Crippen LogP contribution in [0.25, 0.3) is 66.1 Å². The summed E-state index contributed by atoms with van der Waals surface area (Å²) in [6.07, 6.45) is 0. The van der Waals surface area contributed by atoms with Crippen LogP contribution in [-0.4, -0.2) is 17.2 Å². The molecule has 0 unspecified atom stereocenters. The van der Waals surface area contributed by atoms with E-state index in [0.29, 0.717) is 0 Å². The van der Waals surface area contributed by atoms with E-state index in [2.05, 4.69) is 276 Å². The minimum absolute atomic E-state index is 0.165. The second-order valence-corrected chi connectivity index (χ2v) is 23.3. The zero-order chi connectivity index (χ0) is 46.6. The van der Waals surface area contributed by atoms with Crippen LogP contribution >= 0.6 is 0 Å². The predicted molar refractivity (Wildman–Crippen MR) is 299 cm³/mol. The van der Waals surface area contributed by atoms with Crippen LogP contribution in [0.2, 0.25) is 0 Å². The average molecular weight is 919 g/mol. The topological polar surface area (TPSA) is 9.86 Å². The maximum absolute atomic E-state index is 2.94. The lowest BCUT2D eigenvalue weighted by Crippen LogP contribution is -2.74. The molecule has 11 aromatic carbocycles. The van der Waals surface area contributed by atoms with Crippen LogP contribution in [0, 0.1) is 0 Å². The highest BCUT2D eigenvalue weighted by Gasteiger charge is 2.44. The number of rotatable bonds is 7. The summed E-state index contributed by atoms with van der Waals surface area (Å²) in [7, 11) is -2.94. The van der Waals surface area contributed by atoms with Gasteiger partial charge in [-0.3, -0.25) is 0 Å². The van der Waals surface area contributed by atoms with Gasteiger partial charge in [0.2, 0.25) is 0 Å². The molecule has 2 bridgehead atoms. The van der Waals surface area contributed by atoms with Crippen molar-refractivity contribution in [1.29, 1.82) is 0 Å². The molecule has 0 saturated heterocycles. The van der Waals surface area contributed by atoms with Gasteiger partial charge in [-0.2, -0.15) is 0 Å². The van der Waals surface area contributed by atoms with Gasteiger partial charge in [0.25, 0.3) is 0 Å². The first-order valence-electron chi connectivity index (χ1n) is 24.9. The van der Waals surface area contributed by atoms with Crippen LogP contribution in [-0.2, 0) is 0 Å². The summed E-state index contributed by atoms with van der Waals surface area (Å²) in [5.74, 6) is 0.378. The SMILES string of the molecule is c1ccc(-c2cccc([Si](c3ccccc3)(c3ccccc3)c3cccc(-n4c5ccccc5c5c(-n6c7ccccc7c7c8c(ccc76)C6c7ccccc7C8c7ccccc76)cccc54)c3)c2)cc1. The highest BCUT2D eigenvalue weighted by molar-refractivity contribution is 7.20. The van der Waals surface area contributed by atoms with Crippen LogP contribution in [0.1, 0.15) is 45.2 Å². The maximum atomic E-state index is 2.57. The fourth-order valence-electron chi connectivity index (χ4n) is 13.3.